The molecule has 0 saturated heterocycles. The first kappa shape index (κ1) is 12.8. The van der Waals surface area contributed by atoms with Crippen LogP contribution < -0.4 is 0 Å². The predicted octanol–water partition coefficient (Wildman–Crippen LogP) is 3.55. The lowest BCUT2D eigenvalue weighted by Gasteiger charge is -2.07. The van der Waals surface area contributed by atoms with Crippen molar-refractivity contribution in [2.45, 2.75) is 39.7 Å². The smallest absolute Gasteiger partial charge is 0.180 e. The molecule has 96 valence electrons. The second kappa shape index (κ2) is 4.92. The molecule has 3 heteroatoms. The number of aliphatic imine (C=N–C) groups is 2. The summed E-state index contributed by atoms with van der Waals surface area (Å²) in [4.78, 5) is 8.58. The van der Waals surface area contributed by atoms with Crippen LogP contribution in [0.2, 0.25) is 0 Å². The number of hydrogen-bond donors (Lipinski definition) is 0. The maximum atomic E-state index is 5.12. The highest BCUT2D eigenvalue weighted by Gasteiger charge is 2.23. The van der Waals surface area contributed by atoms with Crippen molar-refractivity contribution in [3.05, 3.63) is 29.8 Å². The number of rotatable bonds is 0. The van der Waals surface area contributed by atoms with Crippen molar-refractivity contribution in [1.82, 2.24) is 0 Å². The van der Waals surface area contributed by atoms with E-state index in [1.807, 2.05) is 13.0 Å². The highest BCUT2D eigenvalue weighted by Crippen LogP contribution is 2.25. The van der Waals surface area contributed by atoms with Gasteiger partial charge in [0.25, 0.3) is 0 Å². The zero-order valence-electron chi connectivity index (χ0n) is 11.5. The fraction of sp³-hybridized carbons (Fsp3) is 0.467. The maximum absolute atomic E-state index is 5.12. The van der Waals surface area contributed by atoms with E-state index in [1.165, 1.54) is 11.3 Å². The van der Waals surface area contributed by atoms with Gasteiger partial charge >= 0.3 is 0 Å². The fourth-order valence-corrected chi connectivity index (χ4v) is 2.06. The van der Waals surface area contributed by atoms with Gasteiger partial charge in [0.1, 0.15) is 6.61 Å². The molecule has 18 heavy (non-hydrogen) atoms. The van der Waals surface area contributed by atoms with E-state index in [2.05, 4.69) is 49.0 Å². The third-order valence-corrected chi connectivity index (χ3v) is 2.84. The van der Waals surface area contributed by atoms with Crippen LogP contribution in [0.4, 0.5) is 5.69 Å². The minimum Gasteiger partial charge on any atom is -0.479 e. The summed E-state index contributed by atoms with van der Waals surface area (Å²) in [5.74, 6) is 0.815. The Kier molecular flexibility index (Phi) is 3.50. The normalized spacial score (nSPS) is 19.1. The van der Waals surface area contributed by atoms with E-state index < -0.39 is 0 Å². The molecule has 1 aromatic rings. The Labute approximate surface area is 109 Å². The van der Waals surface area contributed by atoms with Gasteiger partial charge < -0.3 is 4.74 Å². The second-order valence-corrected chi connectivity index (χ2v) is 5.38. The summed E-state index contributed by atoms with van der Waals surface area (Å²) < 4.78 is 5.12. The van der Waals surface area contributed by atoms with Gasteiger partial charge in [-0.15, -0.1) is 0 Å². The van der Waals surface area contributed by atoms with Gasteiger partial charge in [0.15, 0.2) is 5.90 Å². The van der Waals surface area contributed by atoms with Crippen molar-refractivity contribution in [3.63, 3.8) is 0 Å². The highest BCUT2D eigenvalue weighted by atomic mass is 16.5. The lowest BCUT2D eigenvalue weighted by Crippen LogP contribution is -2.17. The highest BCUT2D eigenvalue weighted by molar-refractivity contribution is 5.91. The summed E-state index contributed by atoms with van der Waals surface area (Å²) in [6.07, 6.45) is 1.04. The minimum absolute atomic E-state index is 0.0318. The first-order chi connectivity index (χ1) is 8.46. The third kappa shape index (κ3) is 3.19. The van der Waals surface area contributed by atoms with E-state index >= 15 is 0 Å². The third-order valence-electron chi connectivity index (χ3n) is 2.84. The molecule has 2 heterocycles. The molecule has 3 nitrogen and oxygen atoms in total. The Bertz CT molecular complexity index is 501. The second-order valence-electron chi connectivity index (χ2n) is 5.38. The first-order valence-corrected chi connectivity index (χ1v) is 6.28. The summed E-state index contributed by atoms with van der Waals surface area (Å²) in [7, 11) is 0. The molecule has 0 spiro atoms. The van der Waals surface area contributed by atoms with Crippen molar-refractivity contribution in [2.75, 3.05) is 6.61 Å². The van der Waals surface area contributed by atoms with Gasteiger partial charge in [0.05, 0.1) is 11.2 Å². The predicted molar refractivity (Wildman–Crippen MR) is 76.1 cm³/mol. The van der Waals surface area contributed by atoms with Gasteiger partial charge in [-0.25, -0.2) is 4.99 Å². The Hall–Kier alpha value is -1.64. The summed E-state index contributed by atoms with van der Waals surface area (Å²) in [5, 5.41) is 0. The number of para-hydroxylation sites is 1. The lowest BCUT2D eigenvalue weighted by atomic mass is 10.1. The SMILES string of the molecule is CC1=NC(C)(C)CO1.CC1=Nc2ccccc2C1. The van der Waals surface area contributed by atoms with Crippen molar-refractivity contribution < 1.29 is 4.74 Å². The van der Waals surface area contributed by atoms with Gasteiger partial charge in [-0.3, -0.25) is 4.99 Å². The van der Waals surface area contributed by atoms with Crippen LogP contribution in [0.1, 0.15) is 33.3 Å². The van der Waals surface area contributed by atoms with Gasteiger partial charge in [-0.1, -0.05) is 18.2 Å². The molecule has 0 unspecified atom stereocenters. The number of nitrogens with zero attached hydrogens (tertiary/aromatic N) is 2. The molecule has 0 saturated carbocycles. The van der Waals surface area contributed by atoms with E-state index in [0.717, 1.165) is 24.6 Å². The minimum atomic E-state index is 0.0318. The monoisotopic (exact) mass is 244 g/mol. The summed E-state index contributed by atoms with van der Waals surface area (Å²) in [5.41, 5.74) is 3.77. The zero-order valence-corrected chi connectivity index (χ0v) is 11.5. The van der Waals surface area contributed by atoms with E-state index in [1.54, 1.807) is 0 Å². The van der Waals surface area contributed by atoms with Gasteiger partial charge in [0, 0.05) is 19.1 Å². The van der Waals surface area contributed by atoms with Crippen molar-refractivity contribution >= 4 is 17.3 Å². The quantitative estimate of drug-likeness (QED) is 0.687. The first-order valence-electron chi connectivity index (χ1n) is 6.28. The largest absolute Gasteiger partial charge is 0.479 e. The van der Waals surface area contributed by atoms with E-state index in [4.69, 9.17) is 4.74 Å². The Balaban J connectivity index is 0.000000138. The Morgan fingerprint density at radius 3 is 2.39 bits per heavy atom. The van der Waals surface area contributed by atoms with E-state index in [9.17, 15) is 0 Å². The zero-order chi connectivity index (χ0) is 13.2. The molecule has 0 bridgehead atoms. The van der Waals surface area contributed by atoms with Crippen LogP contribution in [0.3, 0.4) is 0 Å². The van der Waals surface area contributed by atoms with Crippen LogP contribution >= 0.6 is 0 Å². The fourth-order valence-electron chi connectivity index (χ4n) is 2.06. The molecule has 0 atom stereocenters. The molecule has 0 aliphatic carbocycles. The molecule has 0 aromatic heterocycles. The number of benzene rings is 1. The van der Waals surface area contributed by atoms with Gasteiger partial charge in [-0.2, -0.15) is 0 Å². The molecule has 2 aliphatic heterocycles. The maximum Gasteiger partial charge on any atom is 0.180 e. The molecular formula is C15H20N2O. The summed E-state index contributed by atoms with van der Waals surface area (Å²) >= 11 is 0. The van der Waals surface area contributed by atoms with Crippen LogP contribution in [-0.4, -0.2) is 23.8 Å². The summed E-state index contributed by atoms with van der Waals surface area (Å²) in [6.45, 7) is 8.81. The summed E-state index contributed by atoms with van der Waals surface area (Å²) in [6, 6.07) is 8.29. The Morgan fingerprint density at radius 1 is 1.17 bits per heavy atom. The molecule has 0 fully saturated rings. The van der Waals surface area contributed by atoms with Crippen LogP contribution in [0, 0.1) is 0 Å². The van der Waals surface area contributed by atoms with Crippen LogP contribution in [0.15, 0.2) is 34.3 Å². The van der Waals surface area contributed by atoms with E-state index in [-0.39, 0.29) is 5.54 Å². The lowest BCUT2D eigenvalue weighted by molar-refractivity contribution is 0.277. The van der Waals surface area contributed by atoms with Gasteiger partial charge in [0.2, 0.25) is 0 Å². The van der Waals surface area contributed by atoms with Crippen molar-refractivity contribution in [2.24, 2.45) is 9.98 Å². The van der Waals surface area contributed by atoms with Crippen LogP contribution in [0.5, 0.6) is 0 Å². The van der Waals surface area contributed by atoms with Crippen molar-refractivity contribution in [3.8, 4) is 0 Å². The van der Waals surface area contributed by atoms with Gasteiger partial charge in [-0.05, 0) is 32.4 Å². The molecule has 2 aliphatic rings. The number of fused-ring (bicyclic) bond motifs is 1. The molecule has 1 aromatic carbocycles. The number of hydrogen-bond acceptors (Lipinski definition) is 3. The average Bonchev–Trinajstić information content (AvgIpc) is 2.80. The molecular weight excluding hydrogens is 224 g/mol. The molecule has 0 radical (unpaired) electrons. The topological polar surface area (TPSA) is 34.0 Å². The molecule has 0 amide bonds. The Morgan fingerprint density at radius 2 is 1.89 bits per heavy atom. The van der Waals surface area contributed by atoms with Crippen molar-refractivity contribution in [1.29, 1.82) is 0 Å². The van der Waals surface area contributed by atoms with Crippen LogP contribution in [-0.2, 0) is 11.2 Å². The molecule has 0 N–H and O–H groups in total. The standard InChI is InChI=1S/C9H9N.C6H11NO/c1-7-6-8-4-2-3-5-9(8)10-7;1-5-7-6(2,3)4-8-5/h2-5H,6H2,1H3;4H2,1-3H3. The van der Waals surface area contributed by atoms with Crippen LogP contribution in [0.25, 0.3) is 0 Å². The molecule has 3 rings (SSSR count). The van der Waals surface area contributed by atoms with E-state index in [0.29, 0.717) is 0 Å². The number of ether oxygens (including phenoxy) is 1. The average molecular weight is 244 g/mol.